The lowest BCUT2D eigenvalue weighted by molar-refractivity contribution is -0.144. The van der Waals surface area contributed by atoms with E-state index in [2.05, 4.69) is 15.0 Å². The van der Waals surface area contributed by atoms with Crippen molar-refractivity contribution in [3.05, 3.63) is 107 Å². The summed E-state index contributed by atoms with van der Waals surface area (Å²) < 4.78 is 20.0. The lowest BCUT2D eigenvalue weighted by Crippen LogP contribution is -2.52. The number of aromatic nitrogens is 4. The lowest BCUT2D eigenvalue weighted by atomic mass is 9.67. The smallest absolute Gasteiger partial charge is 0.280 e. The molecule has 2 aromatic carbocycles. The molecule has 0 radical (unpaired) electrons. The first-order valence-corrected chi connectivity index (χ1v) is 15.4. The molecular formula is C34H37FN6O5. The average Bonchev–Trinajstić information content (AvgIpc) is 3.06. The topological polar surface area (TPSA) is 157 Å². The number of amides is 1. The van der Waals surface area contributed by atoms with Gasteiger partial charge in [0.15, 0.2) is 5.69 Å². The third kappa shape index (κ3) is 6.92. The summed E-state index contributed by atoms with van der Waals surface area (Å²) >= 11 is 0. The summed E-state index contributed by atoms with van der Waals surface area (Å²) in [7, 11) is 0. The molecule has 4 aromatic rings. The molecule has 1 saturated heterocycles. The molecule has 3 heterocycles. The van der Waals surface area contributed by atoms with Crippen molar-refractivity contribution < 1.29 is 24.1 Å². The van der Waals surface area contributed by atoms with Crippen LogP contribution in [0.4, 0.5) is 10.1 Å². The number of carbonyl (C=O) groups excluding carboxylic acids is 1. The zero-order valence-corrected chi connectivity index (χ0v) is 25.3. The van der Waals surface area contributed by atoms with E-state index in [-0.39, 0.29) is 54.4 Å². The van der Waals surface area contributed by atoms with E-state index < -0.39 is 22.6 Å². The molecule has 0 bridgehead atoms. The lowest BCUT2D eigenvalue weighted by Gasteiger charge is -2.44. The van der Waals surface area contributed by atoms with E-state index in [0.29, 0.717) is 44.5 Å². The fraction of sp³-hybridized carbons (Fsp3) is 0.382. The van der Waals surface area contributed by atoms with Gasteiger partial charge < -0.3 is 25.6 Å². The number of ether oxygens (including phenoxy) is 1. The third-order valence-corrected chi connectivity index (χ3v) is 9.21. The van der Waals surface area contributed by atoms with E-state index in [4.69, 9.17) is 10.5 Å². The van der Waals surface area contributed by atoms with Gasteiger partial charge in [0, 0.05) is 44.0 Å². The van der Waals surface area contributed by atoms with Gasteiger partial charge in [-0.3, -0.25) is 24.1 Å². The fourth-order valence-electron chi connectivity index (χ4n) is 6.70. The van der Waals surface area contributed by atoms with E-state index in [1.807, 2.05) is 30.3 Å². The minimum atomic E-state index is -1.25. The summed E-state index contributed by atoms with van der Waals surface area (Å²) in [5, 5.41) is 23.1. The highest BCUT2D eigenvalue weighted by Crippen LogP contribution is 2.45. The number of piperidine rings is 1. The Bertz CT molecular complexity index is 1710. The van der Waals surface area contributed by atoms with Gasteiger partial charge in [0.1, 0.15) is 17.9 Å². The van der Waals surface area contributed by atoms with Crippen LogP contribution in [-0.2, 0) is 17.8 Å². The number of hydrogen-bond donors (Lipinski definition) is 3. The second-order valence-electron chi connectivity index (χ2n) is 12.5. The van der Waals surface area contributed by atoms with E-state index in [0.717, 1.165) is 5.56 Å². The molecule has 11 nitrogen and oxygen atoms in total. The molecule has 2 fully saturated rings. The number of halogens is 1. The van der Waals surface area contributed by atoms with E-state index in [9.17, 15) is 24.2 Å². The predicted molar refractivity (Wildman–Crippen MR) is 167 cm³/mol. The third-order valence-electron chi connectivity index (χ3n) is 9.21. The first kappa shape index (κ1) is 31.3. The van der Waals surface area contributed by atoms with Crippen molar-refractivity contribution in [3.8, 4) is 11.6 Å². The summed E-state index contributed by atoms with van der Waals surface area (Å²) in [6.45, 7) is 0.592. The van der Waals surface area contributed by atoms with Crippen LogP contribution >= 0.6 is 0 Å². The molecule has 240 valence electrons. The van der Waals surface area contributed by atoms with Gasteiger partial charge in [-0.2, -0.15) is 0 Å². The highest BCUT2D eigenvalue weighted by atomic mass is 19.1. The number of carbonyl (C=O) groups is 1. The van der Waals surface area contributed by atoms with Crippen LogP contribution in [0, 0.1) is 11.7 Å². The van der Waals surface area contributed by atoms with E-state index >= 15 is 0 Å². The number of nitrogens with zero attached hydrogens (tertiary/aromatic N) is 5. The van der Waals surface area contributed by atoms with Crippen LogP contribution in [0.25, 0.3) is 0 Å². The molecule has 1 saturated carbocycles. The Kier molecular flexibility index (Phi) is 8.83. The second-order valence-corrected chi connectivity index (χ2v) is 12.5. The van der Waals surface area contributed by atoms with Crippen LogP contribution in [0.3, 0.4) is 0 Å². The number of benzene rings is 2. The van der Waals surface area contributed by atoms with Crippen molar-refractivity contribution in [2.24, 2.45) is 5.92 Å². The van der Waals surface area contributed by atoms with E-state index in [1.165, 1.54) is 35.2 Å². The molecule has 1 amide bonds. The van der Waals surface area contributed by atoms with Crippen LogP contribution in [0.2, 0.25) is 0 Å². The number of anilines is 1. The zero-order chi connectivity index (χ0) is 32.3. The van der Waals surface area contributed by atoms with Gasteiger partial charge in [-0.05, 0) is 67.9 Å². The van der Waals surface area contributed by atoms with Crippen LogP contribution in [0.15, 0.2) is 84.3 Å². The molecular weight excluding hydrogens is 591 g/mol. The number of likely N-dealkylation sites (tertiary alicyclic amines) is 1. The Balaban J connectivity index is 1.11. The van der Waals surface area contributed by atoms with Crippen molar-refractivity contribution in [2.45, 2.75) is 62.2 Å². The maximum Gasteiger partial charge on any atom is 0.280 e. The second kappa shape index (κ2) is 13.0. The molecule has 46 heavy (non-hydrogen) atoms. The van der Waals surface area contributed by atoms with Crippen molar-refractivity contribution in [1.29, 1.82) is 0 Å². The highest BCUT2D eigenvalue weighted by molar-refractivity contribution is 5.80. The molecule has 4 N–H and O–H groups in total. The fourth-order valence-corrected chi connectivity index (χ4v) is 6.70. The molecule has 1 aliphatic carbocycles. The Morgan fingerprint density at radius 3 is 2.43 bits per heavy atom. The molecule has 12 heteroatoms. The average molecular weight is 629 g/mol. The normalized spacial score (nSPS) is 22.7. The predicted octanol–water partition coefficient (Wildman–Crippen LogP) is 3.46. The van der Waals surface area contributed by atoms with Crippen LogP contribution in [0.5, 0.6) is 11.6 Å². The van der Waals surface area contributed by atoms with Gasteiger partial charge in [-0.15, -0.1) is 0 Å². The number of aliphatic hydroxyl groups is 2. The number of rotatable bonds is 8. The van der Waals surface area contributed by atoms with Gasteiger partial charge in [-0.25, -0.2) is 9.37 Å². The number of hydrogen-bond acceptors (Lipinski definition) is 9. The first-order valence-electron chi connectivity index (χ1n) is 15.4. The van der Waals surface area contributed by atoms with Gasteiger partial charge in [0.25, 0.3) is 5.56 Å². The van der Waals surface area contributed by atoms with Gasteiger partial charge >= 0.3 is 0 Å². The molecule has 0 unspecified atom stereocenters. The standard InChI is InChI=1S/C34H37FN6O5/c35-24-6-8-26(9-7-24)46-30-29(36)32(43)41(22-39-30)21-33(44)12-16-40(17-13-33)31(42)27-10-11-34(45,18-25-20-37-14-15-38-25)19-28(27)23-4-2-1-3-5-23/h1-9,14-15,20,22,27-28,44-45H,10-13,16-19,21,36H2/t27-,28+,34+/m1/s1. The van der Waals surface area contributed by atoms with Gasteiger partial charge in [0.05, 0.1) is 23.4 Å². The first-order chi connectivity index (χ1) is 22.1. The molecule has 2 aliphatic rings. The summed E-state index contributed by atoms with van der Waals surface area (Å²) in [6, 6.07) is 15.1. The molecule has 3 atom stereocenters. The minimum absolute atomic E-state index is 0.00262. The summed E-state index contributed by atoms with van der Waals surface area (Å²) in [6.07, 6.45) is 8.42. The monoisotopic (exact) mass is 628 g/mol. The van der Waals surface area contributed by atoms with Crippen LogP contribution in [-0.4, -0.2) is 64.8 Å². The Hall–Kier alpha value is -4.68. The van der Waals surface area contributed by atoms with Crippen molar-refractivity contribution in [3.63, 3.8) is 0 Å². The zero-order valence-electron chi connectivity index (χ0n) is 25.3. The van der Waals surface area contributed by atoms with Crippen molar-refractivity contribution in [2.75, 3.05) is 18.8 Å². The molecule has 1 aliphatic heterocycles. The largest absolute Gasteiger partial charge is 0.437 e. The molecule has 2 aromatic heterocycles. The van der Waals surface area contributed by atoms with Crippen molar-refractivity contribution >= 4 is 11.6 Å². The maximum atomic E-state index is 14.0. The highest BCUT2D eigenvalue weighted by Gasteiger charge is 2.45. The van der Waals surface area contributed by atoms with Gasteiger partial charge in [0.2, 0.25) is 11.8 Å². The quantitative estimate of drug-likeness (QED) is 0.266. The maximum absolute atomic E-state index is 14.0. The SMILES string of the molecule is Nc1c(Oc2ccc(F)cc2)ncn(CC2(O)CCN(C(=O)[C@@H]3CC[C@](O)(Cc4cnccn4)C[C@H]3c3ccccc3)CC2)c1=O. The summed E-state index contributed by atoms with van der Waals surface area (Å²) in [4.78, 5) is 41.4. The molecule has 6 rings (SSSR count). The number of nitrogens with two attached hydrogens (primary N) is 1. The minimum Gasteiger partial charge on any atom is -0.437 e. The Morgan fingerprint density at radius 2 is 1.74 bits per heavy atom. The van der Waals surface area contributed by atoms with Crippen LogP contribution < -0.4 is 16.0 Å². The number of nitrogen functional groups attached to an aromatic ring is 1. The van der Waals surface area contributed by atoms with Gasteiger partial charge in [-0.1, -0.05) is 30.3 Å². The summed E-state index contributed by atoms with van der Waals surface area (Å²) in [5.41, 5.74) is 4.67. The Morgan fingerprint density at radius 1 is 1.00 bits per heavy atom. The van der Waals surface area contributed by atoms with Crippen LogP contribution in [0.1, 0.15) is 49.3 Å². The Labute approximate surface area is 265 Å². The van der Waals surface area contributed by atoms with E-state index in [1.54, 1.807) is 23.5 Å². The molecule has 0 spiro atoms. The van der Waals surface area contributed by atoms with Crippen molar-refractivity contribution in [1.82, 2.24) is 24.4 Å². The summed E-state index contributed by atoms with van der Waals surface area (Å²) in [5.74, 6) is -0.770.